The van der Waals surface area contributed by atoms with E-state index in [-0.39, 0.29) is 5.78 Å². The SMILES string of the molecule is CCCCCCOc1ccc(C=CC(=O)c2cc(CCCCCC)c(Br)s2)c(OCCCCCC)c1. The van der Waals surface area contributed by atoms with Crippen molar-refractivity contribution in [2.45, 2.75) is 104 Å². The predicted octanol–water partition coefficient (Wildman–Crippen LogP) is 10.4. The first-order valence-electron chi connectivity index (χ1n) is 14.0. The number of thiophene rings is 1. The number of carbonyl (C=O) groups excluding carboxylic acids is 1. The Morgan fingerprint density at radius 1 is 0.833 bits per heavy atom. The second-order valence-electron chi connectivity index (χ2n) is 9.44. The third-order valence-electron chi connectivity index (χ3n) is 6.22. The number of ether oxygens (including phenoxy) is 2. The minimum atomic E-state index is 0.0330. The van der Waals surface area contributed by atoms with Crippen molar-refractivity contribution in [3.63, 3.8) is 0 Å². The normalized spacial score (nSPS) is 11.3. The first-order chi connectivity index (χ1) is 17.6. The van der Waals surface area contributed by atoms with E-state index in [0.29, 0.717) is 6.61 Å². The molecule has 0 unspecified atom stereocenters. The highest BCUT2D eigenvalue weighted by Crippen LogP contribution is 2.31. The van der Waals surface area contributed by atoms with Crippen molar-refractivity contribution in [2.75, 3.05) is 13.2 Å². The Morgan fingerprint density at radius 2 is 1.47 bits per heavy atom. The van der Waals surface area contributed by atoms with Gasteiger partial charge in [-0.15, -0.1) is 11.3 Å². The van der Waals surface area contributed by atoms with Crippen molar-refractivity contribution in [2.24, 2.45) is 0 Å². The molecule has 2 rings (SSSR count). The van der Waals surface area contributed by atoms with E-state index in [1.165, 1.54) is 81.1 Å². The monoisotopic (exact) mass is 576 g/mol. The minimum Gasteiger partial charge on any atom is -0.493 e. The first kappa shape index (κ1) is 30.6. The molecule has 0 aliphatic heterocycles. The van der Waals surface area contributed by atoms with Gasteiger partial charge >= 0.3 is 0 Å². The maximum absolute atomic E-state index is 12.9. The Bertz CT molecular complexity index is 919. The molecule has 0 aliphatic rings. The van der Waals surface area contributed by atoms with Crippen molar-refractivity contribution >= 4 is 39.1 Å². The molecule has 0 aliphatic carbocycles. The van der Waals surface area contributed by atoms with E-state index in [1.807, 2.05) is 30.3 Å². The standard InChI is InChI=1S/C31H45BrO3S/c1-4-7-10-13-16-26-23-30(36-31(26)32)28(33)20-18-25-17-19-27(34-21-14-11-8-5-2)24-29(25)35-22-15-12-9-6-3/h17-20,23-24H,4-16,21-22H2,1-3H3. The van der Waals surface area contributed by atoms with Gasteiger partial charge in [-0.25, -0.2) is 0 Å². The molecule has 1 heterocycles. The molecule has 5 heteroatoms. The van der Waals surface area contributed by atoms with E-state index in [1.54, 1.807) is 6.08 Å². The van der Waals surface area contributed by atoms with Gasteiger partial charge in [-0.2, -0.15) is 0 Å². The molecule has 0 N–H and O–H groups in total. The van der Waals surface area contributed by atoms with Gasteiger partial charge in [0.25, 0.3) is 0 Å². The number of benzene rings is 1. The third-order valence-corrected chi connectivity index (χ3v) is 8.20. The van der Waals surface area contributed by atoms with Crippen LogP contribution in [0.5, 0.6) is 11.5 Å². The quantitative estimate of drug-likeness (QED) is 0.0892. The number of carbonyl (C=O) groups is 1. The molecule has 3 nitrogen and oxygen atoms in total. The molecular formula is C31H45BrO3S. The molecule has 0 saturated heterocycles. The van der Waals surface area contributed by atoms with Crippen LogP contribution in [0.2, 0.25) is 0 Å². The fourth-order valence-corrected chi connectivity index (χ4v) is 5.68. The number of rotatable bonds is 20. The number of halogens is 1. The molecule has 0 spiro atoms. The molecule has 0 amide bonds. The topological polar surface area (TPSA) is 35.5 Å². The molecule has 0 fully saturated rings. The van der Waals surface area contributed by atoms with Gasteiger partial charge in [-0.3, -0.25) is 4.79 Å². The van der Waals surface area contributed by atoms with Gasteiger partial charge in [-0.05, 0) is 77.5 Å². The fourth-order valence-electron chi connectivity index (χ4n) is 3.99. The summed E-state index contributed by atoms with van der Waals surface area (Å²) in [6.07, 6.45) is 18.8. The molecule has 0 atom stereocenters. The summed E-state index contributed by atoms with van der Waals surface area (Å²) in [5.41, 5.74) is 2.15. The second kappa shape index (κ2) is 18.6. The van der Waals surface area contributed by atoms with Crippen LogP contribution in [0, 0.1) is 0 Å². The highest BCUT2D eigenvalue weighted by atomic mass is 79.9. The van der Waals surface area contributed by atoms with Gasteiger partial charge in [0.1, 0.15) is 11.5 Å². The van der Waals surface area contributed by atoms with Crippen LogP contribution in [0.3, 0.4) is 0 Å². The Labute approximate surface area is 231 Å². The molecular weight excluding hydrogens is 532 g/mol. The summed E-state index contributed by atoms with van der Waals surface area (Å²) in [5.74, 6) is 1.64. The van der Waals surface area contributed by atoms with E-state index in [0.717, 1.165) is 51.6 Å². The molecule has 2 aromatic rings. The lowest BCUT2D eigenvalue weighted by Crippen LogP contribution is -2.01. The van der Waals surface area contributed by atoms with Crippen molar-refractivity contribution < 1.29 is 14.3 Å². The van der Waals surface area contributed by atoms with E-state index >= 15 is 0 Å². The maximum atomic E-state index is 12.9. The van der Waals surface area contributed by atoms with Crippen molar-refractivity contribution in [1.29, 1.82) is 0 Å². The zero-order valence-electron chi connectivity index (χ0n) is 22.6. The minimum absolute atomic E-state index is 0.0330. The summed E-state index contributed by atoms with van der Waals surface area (Å²) in [5, 5.41) is 0. The van der Waals surface area contributed by atoms with E-state index < -0.39 is 0 Å². The molecule has 36 heavy (non-hydrogen) atoms. The Morgan fingerprint density at radius 3 is 2.14 bits per heavy atom. The Balaban J connectivity index is 2.05. The second-order valence-corrected chi connectivity index (χ2v) is 11.8. The van der Waals surface area contributed by atoms with Crippen LogP contribution in [0.1, 0.15) is 119 Å². The van der Waals surface area contributed by atoms with Crippen LogP contribution in [0.4, 0.5) is 0 Å². The summed E-state index contributed by atoms with van der Waals surface area (Å²) in [6, 6.07) is 7.99. The van der Waals surface area contributed by atoms with Crippen LogP contribution in [-0.2, 0) is 6.42 Å². The zero-order chi connectivity index (χ0) is 26.0. The molecule has 0 radical (unpaired) electrons. The van der Waals surface area contributed by atoms with E-state index in [9.17, 15) is 4.79 Å². The predicted molar refractivity (Wildman–Crippen MR) is 159 cm³/mol. The highest BCUT2D eigenvalue weighted by molar-refractivity contribution is 9.11. The lowest BCUT2D eigenvalue weighted by Gasteiger charge is -2.12. The molecule has 1 aromatic heterocycles. The van der Waals surface area contributed by atoms with Crippen LogP contribution in [0.15, 0.2) is 34.1 Å². The average molecular weight is 578 g/mol. The van der Waals surface area contributed by atoms with Crippen LogP contribution >= 0.6 is 27.3 Å². The summed E-state index contributed by atoms with van der Waals surface area (Å²) in [4.78, 5) is 13.7. The molecule has 0 bridgehead atoms. The summed E-state index contributed by atoms with van der Waals surface area (Å²) in [6.45, 7) is 8.05. The van der Waals surface area contributed by atoms with Gasteiger partial charge in [0.05, 0.1) is 21.9 Å². The van der Waals surface area contributed by atoms with Gasteiger partial charge in [0, 0.05) is 11.6 Å². The van der Waals surface area contributed by atoms with Crippen LogP contribution in [0.25, 0.3) is 6.08 Å². The summed E-state index contributed by atoms with van der Waals surface area (Å²) >= 11 is 5.19. The molecule has 1 aromatic carbocycles. The third kappa shape index (κ3) is 11.6. The molecule has 200 valence electrons. The number of hydrogen-bond acceptors (Lipinski definition) is 4. The zero-order valence-corrected chi connectivity index (χ0v) is 25.0. The Kier molecular flexibility index (Phi) is 15.8. The Hall–Kier alpha value is -1.59. The van der Waals surface area contributed by atoms with Gasteiger partial charge in [0.15, 0.2) is 5.78 Å². The first-order valence-corrected chi connectivity index (χ1v) is 15.6. The van der Waals surface area contributed by atoms with Crippen molar-refractivity contribution in [3.05, 3.63) is 50.1 Å². The number of allylic oxidation sites excluding steroid dienone is 1. The number of aryl methyl sites for hydroxylation is 1. The fraction of sp³-hybridized carbons (Fsp3) is 0.581. The van der Waals surface area contributed by atoms with Gasteiger partial charge in [0.2, 0.25) is 0 Å². The summed E-state index contributed by atoms with van der Waals surface area (Å²) < 4.78 is 13.2. The highest BCUT2D eigenvalue weighted by Gasteiger charge is 2.12. The van der Waals surface area contributed by atoms with Gasteiger partial charge < -0.3 is 9.47 Å². The van der Waals surface area contributed by atoms with Crippen LogP contribution < -0.4 is 9.47 Å². The van der Waals surface area contributed by atoms with E-state index in [2.05, 4.69) is 36.7 Å². The lowest BCUT2D eigenvalue weighted by atomic mass is 10.1. The maximum Gasteiger partial charge on any atom is 0.195 e. The van der Waals surface area contributed by atoms with Gasteiger partial charge in [-0.1, -0.05) is 78.6 Å². The van der Waals surface area contributed by atoms with Crippen molar-refractivity contribution in [3.8, 4) is 11.5 Å². The van der Waals surface area contributed by atoms with Crippen LogP contribution in [-0.4, -0.2) is 19.0 Å². The largest absolute Gasteiger partial charge is 0.493 e. The smallest absolute Gasteiger partial charge is 0.195 e. The number of ketones is 1. The number of unbranched alkanes of at least 4 members (excludes halogenated alkanes) is 9. The lowest BCUT2D eigenvalue weighted by molar-refractivity contribution is 0.105. The summed E-state index contributed by atoms with van der Waals surface area (Å²) in [7, 11) is 0. The van der Waals surface area contributed by atoms with Crippen molar-refractivity contribution in [1.82, 2.24) is 0 Å². The average Bonchev–Trinajstić information content (AvgIpc) is 3.26. The van der Waals surface area contributed by atoms with E-state index in [4.69, 9.17) is 9.47 Å². The number of hydrogen-bond donors (Lipinski definition) is 0. The molecule has 0 saturated carbocycles.